The SMILES string of the molecule is O=Cc1ccc2nc(C3=CCC=C(O)C=C3)[nH]c2c1. The van der Waals surface area contributed by atoms with Gasteiger partial charge in [0.25, 0.3) is 0 Å². The Balaban J connectivity index is 2.04. The molecule has 0 atom stereocenters. The van der Waals surface area contributed by atoms with Gasteiger partial charge in [0.1, 0.15) is 17.9 Å². The molecule has 4 heteroatoms. The molecule has 94 valence electrons. The molecule has 1 aliphatic carbocycles. The van der Waals surface area contributed by atoms with E-state index in [0.29, 0.717) is 12.0 Å². The Kier molecular flexibility index (Phi) is 2.76. The summed E-state index contributed by atoms with van der Waals surface area (Å²) in [6, 6.07) is 5.33. The molecule has 2 N–H and O–H groups in total. The summed E-state index contributed by atoms with van der Waals surface area (Å²) in [5.74, 6) is 0.989. The zero-order valence-electron chi connectivity index (χ0n) is 10.1. The molecular weight excluding hydrogens is 240 g/mol. The van der Waals surface area contributed by atoms with Crippen molar-refractivity contribution in [3.8, 4) is 0 Å². The number of aliphatic hydroxyl groups is 1. The number of nitrogens with one attached hydrogen (secondary N) is 1. The average molecular weight is 252 g/mol. The number of allylic oxidation sites excluding steroid dienone is 5. The minimum atomic E-state index is 0.255. The summed E-state index contributed by atoms with van der Waals surface area (Å²) in [5, 5.41) is 9.43. The molecule has 1 aromatic carbocycles. The lowest BCUT2D eigenvalue weighted by molar-refractivity contribution is 0.112. The van der Waals surface area contributed by atoms with Crippen LogP contribution in [0.15, 0.2) is 48.3 Å². The summed E-state index contributed by atoms with van der Waals surface area (Å²) < 4.78 is 0. The number of rotatable bonds is 2. The van der Waals surface area contributed by atoms with Crippen molar-refractivity contribution in [3.05, 3.63) is 59.7 Å². The number of carbonyl (C=O) groups is 1. The van der Waals surface area contributed by atoms with Crippen molar-refractivity contribution in [3.63, 3.8) is 0 Å². The molecule has 0 spiro atoms. The number of carbonyl (C=O) groups excluding carboxylic acids is 1. The van der Waals surface area contributed by atoms with Crippen molar-refractivity contribution < 1.29 is 9.90 Å². The normalized spacial score (nSPS) is 14.9. The average Bonchev–Trinajstić information content (AvgIpc) is 2.73. The van der Waals surface area contributed by atoms with E-state index >= 15 is 0 Å². The summed E-state index contributed by atoms with van der Waals surface area (Å²) in [5.41, 5.74) is 3.18. The Morgan fingerprint density at radius 3 is 3.00 bits per heavy atom. The summed E-state index contributed by atoms with van der Waals surface area (Å²) in [7, 11) is 0. The van der Waals surface area contributed by atoms with Crippen molar-refractivity contribution in [1.29, 1.82) is 0 Å². The van der Waals surface area contributed by atoms with Gasteiger partial charge in [-0.2, -0.15) is 0 Å². The third-order valence-corrected chi connectivity index (χ3v) is 3.01. The van der Waals surface area contributed by atoms with Crippen LogP contribution in [0.2, 0.25) is 0 Å². The van der Waals surface area contributed by atoms with Gasteiger partial charge in [-0.05, 0) is 42.8 Å². The molecule has 3 rings (SSSR count). The molecule has 1 aliphatic rings. The molecule has 2 aromatic rings. The molecule has 4 nitrogen and oxygen atoms in total. The van der Waals surface area contributed by atoms with Crippen LogP contribution in [-0.4, -0.2) is 21.4 Å². The Morgan fingerprint density at radius 2 is 2.16 bits per heavy atom. The molecule has 0 fully saturated rings. The molecule has 0 saturated carbocycles. The first kappa shape index (κ1) is 11.5. The standard InChI is InChI=1S/C15H12N2O2/c18-9-10-4-7-13-14(8-10)17-15(16-13)11-2-1-3-12(19)6-5-11/h2-9,19H,1H2,(H,16,17). The first-order chi connectivity index (χ1) is 9.26. The second-order valence-corrected chi connectivity index (χ2v) is 4.34. The minimum Gasteiger partial charge on any atom is -0.508 e. The van der Waals surface area contributed by atoms with Crippen LogP contribution in [-0.2, 0) is 0 Å². The second-order valence-electron chi connectivity index (χ2n) is 4.34. The fourth-order valence-corrected chi connectivity index (χ4v) is 2.03. The third-order valence-electron chi connectivity index (χ3n) is 3.01. The van der Waals surface area contributed by atoms with Crippen LogP contribution in [0.1, 0.15) is 22.6 Å². The number of aromatic nitrogens is 2. The lowest BCUT2D eigenvalue weighted by Crippen LogP contribution is -1.83. The highest BCUT2D eigenvalue weighted by atomic mass is 16.3. The van der Waals surface area contributed by atoms with Crippen LogP contribution in [0.5, 0.6) is 0 Å². The topological polar surface area (TPSA) is 66.0 Å². The number of benzene rings is 1. The predicted molar refractivity (Wildman–Crippen MR) is 73.9 cm³/mol. The highest BCUT2D eigenvalue weighted by Crippen LogP contribution is 2.21. The summed E-state index contributed by atoms with van der Waals surface area (Å²) in [4.78, 5) is 18.4. The number of fused-ring (bicyclic) bond motifs is 1. The molecule has 0 radical (unpaired) electrons. The lowest BCUT2D eigenvalue weighted by Gasteiger charge is -1.94. The van der Waals surface area contributed by atoms with Gasteiger partial charge >= 0.3 is 0 Å². The molecular formula is C15H12N2O2. The number of hydrogen-bond donors (Lipinski definition) is 2. The van der Waals surface area contributed by atoms with Gasteiger partial charge in [-0.25, -0.2) is 4.98 Å². The van der Waals surface area contributed by atoms with E-state index in [0.717, 1.165) is 28.7 Å². The van der Waals surface area contributed by atoms with E-state index in [1.165, 1.54) is 0 Å². The molecule has 0 aliphatic heterocycles. The number of H-pyrrole nitrogens is 1. The van der Waals surface area contributed by atoms with E-state index in [4.69, 9.17) is 0 Å². The quantitative estimate of drug-likeness (QED) is 0.807. The van der Waals surface area contributed by atoms with Crippen molar-refractivity contribution in [2.24, 2.45) is 0 Å². The molecule has 1 aromatic heterocycles. The summed E-state index contributed by atoms with van der Waals surface area (Å²) in [6.07, 6.45) is 8.65. The molecule has 0 unspecified atom stereocenters. The monoisotopic (exact) mass is 252 g/mol. The molecule has 0 bridgehead atoms. The van der Waals surface area contributed by atoms with Gasteiger partial charge in [0.2, 0.25) is 0 Å². The number of aldehydes is 1. The van der Waals surface area contributed by atoms with Crippen molar-refractivity contribution in [2.45, 2.75) is 6.42 Å². The number of aliphatic hydroxyl groups excluding tert-OH is 1. The number of aromatic amines is 1. The van der Waals surface area contributed by atoms with Crippen LogP contribution in [0.3, 0.4) is 0 Å². The highest BCUT2D eigenvalue weighted by molar-refractivity contribution is 5.87. The van der Waals surface area contributed by atoms with Gasteiger partial charge in [0.15, 0.2) is 0 Å². The minimum absolute atomic E-state index is 0.255. The zero-order valence-corrected chi connectivity index (χ0v) is 10.1. The van der Waals surface area contributed by atoms with E-state index in [9.17, 15) is 9.90 Å². The van der Waals surface area contributed by atoms with Crippen LogP contribution >= 0.6 is 0 Å². The van der Waals surface area contributed by atoms with Crippen LogP contribution in [0.4, 0.5) is 0 Å². The van der Waals surface area contributed by atoms with E-state index < -0.39 is 0 Å². The Labute approximate surface area is 109 Å². The molecule has 1 heterocycles. The van der Waals surface area contributed by atoms with E-state index in [2.05, 4.69) is 9.97 Å². The number of imidazole rings is 1. The Hall–Kier alpha value is -2.62. The van der Waals surface area contributed by atoms with Crippen molar-refractivity contribution >= 4 is 22.9 Å². The summed E-state index contributed by atoms with van der Waals surface area (Å²) >= 11 is 0. The maximum Gasteiger partial charge on any atom is 0.150 e. The second kappa shape index (κ2) is 4.57. The highest BCUT2D eigenvalue weighted by Gasteiger charge is 2.07. The van der Waals surface area contributed by atoms with E-state index in [1.807, 2.05) is 18.2 Å². The molecule has 19 heavy (non-hydrogen) atoms. The maximum atomic E-state index is 10.7. The first-order valence-corrected chi connectivity index (χ1v) is 5.99. The van der Waals surface area contributed by atoms with Gasteiger partial charge in [0.05, 0.1) is 11.0 Å². The number of hydrogen-bond acceptors (Lipinski definition) is 3. The fourth-order valence-electron chi connectivity index (χ4n) is 2.03. The van der Waals surface area contributed by atoms with Crippen LogP contribution in [0.25, 0.3) is 16.6 Å². The van der Waals surface area contributed by atoms with Crippen LogP contribution < -0.4 is 0 Å². The van der Waals surface area contributed by atoms with Gasteiger partial charge in [-0.3, -0.25) is 4.79 Å². The molecule has 0 amide bonds. The van der Waals surface area contributed by atoms with Crippen molar-refractivity contribution in [1.82, 2.24) is 9.97 Å². The van der Waals surface area contributed by atoms with Gasteiger partial charge in [-0.15, -0.1) is 0 Å². The smallest absolute Gasteiger partial charge is 0.150 e. The van der Waals surface area contributed by atoms with Crippen molar-refractivity contribution in [2.75, 3.05) is 0 Å². The van der Waals surface area contributed by atoms with E-state index in [-0.39, 0.29) is 5.76 Å². The van der Waals surface area contributed by atoms with Crippen LogP contribution in [0, 0.1) is 0 Å². The van der Waals surface area contributed by atoms with E-state index in [1.54, 1.807) is 24.3 Å². The first-order valence-electron chi connectivity index (χ1n) is 5.99. The largest absolute Gasteiger partial charge is 0.508 e. The van der Waals surface area contributed by atoms with Gasteiger partial charge < -0.3 is 10.1 Å². The Morgan fingerprint density at radius 1 is 1.26 bits per heavy atom. The third kappa shape index (κ3) is 2.20. The molecule has 0 saturated heterocycles. The summed E-state index contributed by atoms with van der Waals surface area (Å²) in [6.45, 7) is 0. The lowest BCUT2D eigenvalue weighted by atomic mass is 10.2. The zero-order chi connectivity index (χ0) is 13.2. The maximum absolute atomic E-state index is 10.7. The fraction of sp³-hybridized carbons (Fsp3) is 0.0667. The number of nitrogens with zero attached hydrogens (tertiary/aromatic N) is 1. The predicted octanol–water partition coefficient (Wildman–Crippen LogP) is 3.16. The van der Waals surface area contributed by atoms with Gasteiger partial charge in [0, 0.05) is 11.1 Å². The Bertz CT molecular complexity index is 736. The van der Waals surface area contributed by atoms with Gasteiger partial charge in [-0.1, -0.05) is 6.08 Å².